The Morgan fingerprint density at radius 3 is 2.73 bits per heavy atom. The molecule has 2 rings (SSSR count). The van der Waals surface area contributed by atoms with Crippen LogP contribution in [0.4, 0.5) is 10.6 Å². The lowest BCUT2D eigenvalue weighted by molar-refractivity contribution is 0.0199. The molecule has 1 aliphatic heterocycles. The number of likely N-dealkylation sites (tertiary alicyclic amines) is 1. The fourth-order valence-electron chi connectivity index (χ4n) is 2.45. The van der Waals surface area contributed by atoms with Crippen LogP contribution in [-0.2, 0) is 4.74 Å². The molecule has 1 aliphatic rings. The molecule has 0 N–H and O–H groups in total. The summed E-state index contributed by atoms with van der Waals surface area (Å²) in [7, 11) is 1.96. The third-order valence-electron chi connectivity index (χ3n) is 3.58. The van der Waals surface area contributed by atoms with Gasteiger partial charge in [-0.15, -0.1) is 10.2 Å². The summed E-state index contributed by atoms with van der Waals surface area (Å²) < 4.78 is 5.45. The number of carbonyl (C=O) groups is 1. The maximum absolute atomic E-state index is 12.2. The fraction of sp³-hybridized carbons (Fsp3) is 0.667. The number of ether oxygens (including phenoxy) is 1. The number of hydrogen-bond donors (Lipinski definition) is 0. The van der Waals surface area contributed by atoms with Gasteiger partial charge in [-0.1, -0.05) is 11.6 Å². The Kier molecular flexibility index (Phi) is 5.11. The predicted octanol–water partition coefficient (Wildman–Crippen LogP) is 2.97. The van der Waals surface area contributed by atoms with Crippen molar-refractivity contribution in [3.63, 3.8) is 0 Å². The first-order valence-corrected chi connectivity index (χ1v) is 7.84. The zero-order valence-electron chi connectivity index (χ0n) is 13.5. The summed E-state index contributed by atoms with van der Waals surface area (Å²) in [5.41, 5.74) is -0.475. The summed E-state index contributed by atoms with van der Waals surface area (Å²) in [6.45, 7) is 6.98. The molecule has 1 amide bonds. The van der Waals surface area contributed by atoms with Crippen LogP contribution in [-0.4, -0.2) is 53.0 Å². The van der Waals surface area contributed by atoms with Gasteiger partial charge in [-0.2, -0.15) is 0 Å². The number of anilines is 1. The molecule has 0 aliphatic carbocycles. The normalized spacial score (nSPS) is 19.0. The van der Waals surface area contributed by atoms with E-state index in [0.29, 0.717) is 11.7 Å². The fourth-order valence-corrected chi connectivity index (χ4v) is 2.55. The lowest BCUT2D eigenvalue weighted by Gasteiger charge is -2.38. The molecule has 0 spiro atoms. The molecule has 1 fully saturated rings. The van der Waals surface area contributed by atoms with Crippen LogP contribution >= 0.6 is 11.6 Å². The predicted molar refractivity (Wildman–Crippen MR) is 86.3 cm³/mol. The van der Waals surface area contributed by atoms with Gasteiger partial charge in [0, 0.05) is 26.2 Å². The van der Waals surface area contributed by atoms with E-state index >= 15 is 0 Å². The van der Waals surface area contributed by atoms with Gasteiger partial charge < -0.3 is 14.5 Å². The molecule has 0 radical (unpaired) electrons. The van der Waals surface area contributed by atoms with E-state index in [-0.39, 0.29) is 12.1 Å². The highest BCUT2D eigenvalue weighted by atomic mass is 35.5. The molecule has 0 unspecified atom stereocenters. The van der Waals surface area contributed by atoms with Crippen LogP contribution in [0.25, 0.3) is 0 Å². The van der Waals surface area contributed by atoms with Crippen molar-refractivity contribution in [1.29, 1.82) is 0 Å². The van der Waals surface area contributed by atoms with Crippen LogP contribution in [0.15, 0.2) is 12.1 Å². The number of halogens is 1. The van der Waals surface area contributed by atoms with Gasteiger partial charge in [0.1, 0.15) is 5.60 Å². The molecule has 2 heterocycles. The number of piperidine rings is 1. The van der Waals surface area contributed by atoms with Crippen molar-refractivity contribution >= 4 is 23.5 Å². The van der Waals surface area contributed by atoms with Crippen molar-refractivity contribution in [2.75, 3.05) is 25.0 Å². The summed E-state index contributed by atoms with van der Waals surface area (Å²) >= 11 is 5.77. The van der Waals surface area contributed by atoms with Gasteiger partial charge in [0.15, 0.2) is 11.0 Å². The first kappa shape index (κ1) is 16.8. The Labute approximate surface area is 136 Å². The summed E-state index contributed by atoms with van der Waals surface area (Å²) in [6, 6.07) is 3.74. The Morgan fingerprint density at radius 2 is 2.14 bits per heavy atom. The van der Waals surface area contributed by atoms with Crippen LogP contribution in [0.3, 0.4) is 0 Å². The second-order valence-corrected chi connectivity index (χ2v) is 6.93. The molecule has 6 nitrogen and oxygen atoms in total. The monoisotopic (exact) mass is 326 g/mol. The van der Waals surface area contributed by atoms with Crippen LogP contribution in [0.2, 0.25) is 5.15 Å². The van der Waals surface area contributed by atoms with E-state index in [1.807, 2.05) is 38.8 Å². The van der Waals surface area contributed by atoms with Gasteiger partial charge in [0.25, 0.3) is 0 Å². The van der Waals surface area contributed by atoms with Gasteiger partial charge in [-0.05, 0) is 45.7 Å². The zero-order valence-corrected chi connectivity index (χ0v) is 14.3. The zero-order chi connectivity index (χ0) is 16.3. The third-order valence-corrected chi connectivity index (χ3v) is 3.78. The first-order valence-electron chi connectivity index (χ1n) is 7.46. The van der Waals surface area contributed by atoms with Gasteiger partial charge in [-0.3, -0.25) is 0 Å². The maximum atomic E-state index is 12.2. The lowest BCUT2D eigenvalue weighted by atomic mass is 10.0. The molecule has 122 valence electrons. The average molecular weight is 327 g/mol. The number of rotatable bonds is 2. The number of nitrogens with zero attached hydrogens (tertiary/aromatic N) is 4. The van der Waals surface area contributed by atoms with Crippen molar-refractivity contribution in [2.24, 2.45) is 0 Å². The Bertz CT molecular complexity index is 515. The van der Waals surface area contributed by atoms with E-state index in [1.165, 1.54) is 0 Å². The standard InChI is InChI=1S/C15H23ClN4O2/c1-15(2,3)22-14(21)20-9-5-6-11(10-20)19(4)13-8-7-12(16)17-18-13/h7-8,11H,5-6,9-10H2,1-4H3/t11-/m0/s1. The topological polar surface area (TPSA) is 58.6 Å². The van der Waals surface area contributed by atoms with Crippen molar-refractivity contribution in [1.82, 2.24) is 15.1 Å². The molecule has 0 bridgehead atoms. The van der Waals surface area contributed by atoms with Gasteiger partial charge >= 0.3 is 6.09 Å². The highest BCUT2D eigenvalue weighted by molar-refractivity contribution is 6.29. The summed E-state index contributed by atoms with van der Waals surface area (Å²) in [5, 5.41) is 8.33. The number of aromatic nitrogens is 2. The van der Waals surface area contributed by atoms with Crippen LogP contribution in [0, 0.1) is 0 Å². The number of hydrogen-bond acceptors (Lipinski definition) is 5. The quantitative estimate of drug-likeness (QED) is 0.836. The molecule has 1 atom stereocenters. The summed E-state index contributed by atoms with van der Waals surface area (Å²) in [4.78, 5) is 16.0. The molecular weight excluding hydrogens is 304 g/mol. The van der Waals surface area contributed by atoms with Gasteiger partial charge in [0.2, 0.25) is 0 Å². The SMILES string of the molecule is CN(c1ccc(Cl)nn1)[C@H]1CCCN(C(=O)OC(C)(C)C)C1. The van der Waals surface area contributed by atoms with E-state index in [4.69, 9.17) is 16.3 Å². The molecule has 0 aromatic carbocycles. The minimum Gasteiger partial charge on any atom is -0.444 e. The average Bonchev–Trinajstić information content (AvgIpc) is 2.46. The minimum absolute atomic E-state index is 0.191. The highest BCUT2D eigenvalue weighted by Crippen LogP contribution is 2.21. The molecule has 7 heteroatoms. The highest BCUT2D eigenvalue weighted by Gasteiger charge is 2.29. The second-order valence-electron chi connectivity index (χ2n) is 6.55. The largest absolute Gasteiger partial charge is 0.444 e. The molecule has 1 aromatic rings. The smallest absolute Gasteiger partial charge is 0.410 e. The molecule has 0 saturated carbocycles. The maximum Gasteiger partial charge on any atom is 0.410 e. The molecule has 1 aromatic heterocycles. The minimum atomic E-state index is -0.475. The molecule has 1 saturated heterocycles. The Hall–Kier alpha value is -1.56. The van der Waals surface area contributed by atoms with Gasteiger partial charge in [0.05, 0.1) is 0 Å². The number of likely N-dealkylation sites (N-methyl/N-ethyl adjacent to an activating group) is 1. The van der Waals surface area contributed by atoms with E-state index in [9.17, 15) is 4.79 Å². The summed E-state index contributed by atoms with van der Waals surface area (Å²) in [6.07, 6.45) is 1.68. The lowest BCUT2D eigenvalue weighted by Crippen LogP contribution is -2.50. The molecule has 22 heavy (non-hydrogen) atoms. The summed E-state index contributed by atoms with van der Waals surface area (Å²) in [5.74, 6) is 0.750. The van der Waals surface area contributed by atoms with Crippen molar-refractivity contribution in [3.8, 4) is 0 Å². The molecular formula is C15H23ClN4O2. The first-order chi connectivity index (χ1) is 10.3. The Balaban J connectivity index is 2.00. The van der Waals surface area contributed by atoms with E-state index < -0.39 is 5.60 Å². The van der Waals surface area contributed by atoms with E-state index in [1.54, 1.807) is 11.0 Å². The van der Waals surface area contributed by atoms with Crippen LogP contribution in [0.5, 0.6) is 0 Å². The second kappa shape index (κ2) is 6.69. The van der Waals surface area contributed by atoms with E-state index in [0.717, 1.165) is 25.2 Å². The van der Waals surface area contributed by atoms with Crippen LogP contribution < -0.4 is 4.90 Å². The van der Waals surface area contributed by atoms with Crippen molar-refractivity contribution in [3.05, 3.63) is 17.3 Å². The van der Waals surface area contributed by atoms with Crippen LogP contribution in [0.1, 0.15) is 33.6 Å². The number of amides is 1. The van der Waals surface area contributed by atoms with E-state index in [2.05, 4.69) is 10.2 Å². The Morgan fingerprint density at radius 1 is 1.41 bits per heavy atom. The number of carbonyl (C=O) groups excluding carboxylic acids is 1. The van der Waals surface area contributed by atoms with Gasteiger partial charge in [-0.25, -0.2) is 4.79 Å². The third kappa shape index (κ3) is 4.47. The van der Waals surface area contributed by atoms with Crippen molar-refractivity contribution < 1.29 is 9.53 Å². The van der Waals surface area contributed by atoms with Crippen molar-refractivity contribution in [2.45, 2.75) is 45.3 Å².